The predicted octanol–water partition coefficient (Wildman–Crippen LogP) is 4.51. The van der Waals surface area contributed by atoms with Gasteiger partial charge in [0.1, 0.15) is 17.3 Å². The molecule has 0 aromatic heterocycles. The zero-order valence-corrected chi connectivity index (χ0v) is 20.8. The van der Waals surface area contributed by atoms with Gasteiger partial charge in [-0.2, -0.15) is 0 Å². The first-order valence-electron chi connectivity index (χ1n) is 11.4. The second-order valence-electron chi connectivity index (χ2n) is 8.23. The molecule has 1 aliphatic rings. The lowest BCUT2D eigenvalue weighted by atomic mass is 9.95. The Morgan fingerprint density at radius 1 is 1.06 bits per heavy atom. The van der Waals surface area contributed by atoms with Crippen LogP contribution in [0.3, 0.4) is 0 Å². The van der Waals surface area contributed by atoms with Gasteiger partial charge in [0.2, 0.25) is 0 Å². The van der Waals surface area contributed by atoms with E-state index in [9.17, 15) is 14.7 Å². The number of ketones is 1. The van der Waals surface area contributed by atoms with E-state index in [1.165, 1.54) is 11.0 Å². The van der Waals surface area contributed by atoms with E-state index in [0.29, 0.717) is 53.8 Å². The Hall–Kier alpha value is -3.03. The lowest BCUT2D eigenvalue weighted by molar-refractivity contribution is -0.139. The topological polar surface area (TPSA) is 79.3 Å². The molecule has 8 heteroatoms. The summed E-state index contributed by atoms with van der Waals surface area (Å²) in [6.07, 6.45) is 0.683. The number of carbonyl (C=O) groups is 2. The highest BCUT2D eigenvalue weighted by Gasteiger charge is 2.45. The molecule has 1 N–H and O–H groups in total. The molecule has 1 atom stereocenters. The first-order chi connectivity index (χ1) is 16.3. The number of aliphatic hydroxyl groups is 1. The number of amides is 1. The molecule has 0 saturated carbocycles. The van der Waals surface area contributed by atoms with E-state index in [-0.39, 0.29) is 11.3 Å². The van der Waals surface area contributed by atoms with Crippen molar-refractivity contribution < 1.29 is 24.2 Å². The monoisotopic (exact) mass is 486 g/mol. The predicted molar refractivity (Wildman–Crippen MR) is 132 cm³/mol. The quantitative estimate of drug-likeness (QED) is 0.302. The highest BCUT2D eigenvalue weighted by molar-refractivity contribution is 6.46. The highest BCUT2D eigenvalue weighted by Crippen LogP contribution is 2.40. The van der Waals surface area contributed by atoms with Gasteiger partial charge in [0.25, 0.3) is 11.7 Å². The third-order valence-electron chi connectivity index (χ3n) is 5.56. The molecule has 7 nitrogen and oxygen atoms in total. The zero-order valence-electron chi connectivity index (χ0n) is 20.0. The third kappa shape index (κ3) is 5.54. The zero-order chi connectivity index (χ0) is 24.8. The van der Waals surface area contributed by atoms with Crippen molar-refractivity contribution in [1.82, 2.24) is 9.80 Å². The van der Waals surface area contributed by atoms with Crippen LogP contribution in [-0.4, -0.2) is 67.0 Å². The highest BCUT2D eigenvalue weighted by atomic mass is 35.5. The van der Waals surface area contributed by atoms with Crippen LogP contribution in [0, 0.1) is 0 Å². The first kappa shape index (κ1) is 25.6. The molecule has 1 saturated heterocycles. The summed E-state index contributed by atoms with van der Waals surface area (Å²) >= 11 is 6.31. The van der Waals surface area contributed by atoms with Crippen molar-refractivity contribution in [3.05, 3.63) is 64.2 Å². The number of hydrogen-bond donors (Lipinski definition) is 1. The molecule has 1 heterocycles. The fraction of sp³-hybridized carbons (Fsp3) is 0.385. The summed E-state index contributed by atoms with van der Waals surface area (Å²) in [6.45, 7) is 5.85. The van der Waals surface area contributed by atoms with Gasteiger partial charge in [-0.05, 0) is 76.8 Å². The number of hydrogen-bond acceptors (Lipinski definition) is 6. The molecule has 1 fully saturated rings. The molecule has 0 spiro atoms. The van der Waals surface area contributed by atoms with Crippen molar-refractivity contribution >= 4 is 29.1 Å². The van der Waals surface area contributed by atoms with Crippen LogP contribution in [0.25, 0.3) is 5.76 Å². The Labute approximate surface area is 205 Å². The van der Waals surface area contributed by atoms with Gasteiger partial charge in [-0.1, -0.05) is 23.7 Å². The van der Waals surface area contributed by atoms with E-state index >= 15 is 0 Å². The lowest BCUT2D eigenvalue weighted by Gasteiger charge is -2.26. The maximum absolute atomic E-state index is 13.1. The lowest BCUT2D eigenvalue weighted by Crippen LogP contribution is -2.32. The normalized spacial score (nSPS) is 17.5. The SMILES string of the molecule is CCOc1ccc([C@H]2/C(=C(\O)c3ccc(OCC)c(Cl)c3)C(=O)C(=O)N2CCCN(C)C)cc1. The molecule has 0 radical (unpaired) electrons. The Morgan fingerprint density at radius 2 is 1.74 bits per heavy atom. The molecule has 182 valence electrons. The van der Waals surface area contributed by atoms with Gasteiger partial charge < -0.3 is 24.4 Å². The van der Waals surface area contributed by atoms with Crippen LogP contribution < -0.4 is 9.47 Å². The maximum Gasteiger partial charge on any atom is 0.295 e. The summed E-state index contributed by atoms with van der Waals surface area (Å²) in [7, 11) is 3.90. The molecular formula is C26H31ClN2O5. The van der Waals surface area contributed by atoms with Gasteiger partial charge in [-0.25, -0.2) is 0 Å². The first-order valence-corrected chi connectivity index (χ1v) is 11.7. The van der Waals surface area contributed by atoms with Crippen LogP contribution in [0.15, 0.2) is 48.0 Å². The van der Waals surface area contributed by atoms with Gasteiger partial charge in [0, 0.05) is 12.1 Å². The summed E-state index contributed by atoms with van der Waals surface area (Å²) in [5, 5.41) is 11.5. The van der Waals surface area contributed by atoms with E-state index in [1.807, 2.05) is 45.0 Å². The maximum atomic E-state index is 13.1. The van der Waals surface area contributed by atoms with E-state index in [4.69, 9.17) is 21.1 Å². The van der Waals surface area contributed by atoms with Gasteiger partial charge in [0.05, 0.1) is 29.9 Å². The number of ether oxygens (including phenoxy) is 2. The standard InChI is InChI=1S/C26H31ClN2O5/c1-5-33-19-11-8-17(9-12-19)23-22(25(31)26(32)29(23)15-7-14-28(3)4)24(30)18-10-13-21(34-6-2)20(27)16-18/h8-13,16,23,30H,5-7,14-15H2,1-4H3/b24-22+/t23-/m0/s1. The Bertz CT molecular complexity index is 1070. The van der Waals surface area contributed by atoms with Crippen molar-refractivity contribution in [2.24, 2.45) is 0 Å². The smallest absolute Gasteiger partial charge is 0.295 e. The Balaban J connectivity index is 2.07. The molecular weight excluding hydrogens is 456 g/mol. The summed E-state index contributed by atoms with van der Waals surface area (Å²) in [5.74, 6) is -0.443. The van der Waals surface area contributed by atoms with Crippen LogP contribution >= 0.6 is 11.6 Å². The third-order valence-corrected chi connectivity index (χ3v) is 5.85. The van der Waals surface area contributed by atoms with Crippen LogP contribution in [0.5, 0.6) is 11.5 Å². The second-order valence-corrected chi connectivity index (χ2v) is 8.64. The largest absolute Gasteiger partial charge is 0.507 e. The molecule has 0 aliphatic carbocycles. The molecule has 2 aromatic rings. The second kappa shape index (κ2) is 11.4. The van der Waals surface area contributed by atoms with Crippen molar-refractivity contribution in [2.45, 2.75) is 26.3 Å². The minimum absolute atomic E-state index is 0.0410. The minimum atomic E-state index is -0.719. The number of rotatable bonds is 10. The van der Waals surface area contributed by atoms with Crippen LogP contribution in [0.2, 0.25) is 5.02 Å². The Morgan fingerprint density at radius 3 is 2.32 bits per heavy atom. The number of benzene rings is 2. The van der Waals surface area contributed by atoms with Crippen molar-refractivity contribution in [2.75, 3.05) is 40.4 Å². The van der Waals surface area contributed by atoms with Crippen molar-refractivity contribution in [1.29, 1.82) is 0 Å². The van der Waals surface area contributed by atoms with Crippen LogP contribution in [0.1, 0.15) is 37.4 Å². The van der Waals surface area contributed by atoms with Crippen molar-refractivity contribution in [3.8, 4) is 11.5 Å². The van der Waals surface area contributed by atoms with Gasteiger partial charge in [-0.15, -0.1) is 0 Å². The number of halogens is 1. The summed E-state index contributed by atoms with van der Waals surface area (Å²) in [5.41, 5.74) is 1.10. The van der Waals surface area contributed by atoms with E-state index < -0.39 is 17.7 Å². The molecule has 0 unspecified atom stereocenters. The fourth-order valence-corrected chi connectivity index (χ4v) is 4.24. The molecule has 34 heavy (non-hydrogen) atoms. The van der Waals surface area contributed by atoms with Crippen LogP contribution in [0.4, 0.5) is 0 Å². The minimum Gasteiger partial charge on any atom is -0.507 e. The van der Waals surface area contributed by atoms with E-state index in [1.54, 1.807) is 24.3 Å². The molecule has 2 aromatic carbocycles. The summed E-state index contributed by atoms with van der Waals surface area (Å²) in [4.78, 5) is 29.7. The van der Waals surface area contributed by atoms with Gasteiger partial charge >= 0.3 is 0 Å². The van der Waals surface area contributed by atoms with Crippen molar-refractivity contribution in [3.63, 3.8) is 0 Å². The number of carbonyl (C=O) groups excluding carboxylic acids is 2. The van der Waals surface area contributed by atoms with Gasteiger partial charge in [-0.3, -0.25) is 9.59 Å². The van der Waals surface area contributed by atoms with E-state index in [0.717, 1.165) is 6.54 Å². The molecule has 1 amide bonds. The molecule has 0 bridgehead atoms. The number of aliphatic hydroxyl groups excluding tert-OH is 1. The average Bonchev–Trinajstić information content (AvgIpc) is 3.05. The average molecular weight is 487 g/mol. The number of likely N-dealkylation sites (tertiary alicyclic amines) is 1. The van der Waals surface area contributed by atoms with E-state index in [2.05, 4.69) is 0 Å². The van der Waals surface area contributed by atoms with Gasteiger partial charge in [0.15, 0.2) is 0 Å². The number of Topliss-reactive ketones (excluding diaryl/α,β-unsaturated/α-hetero) is 1. The fourth-order valence-electron chi connectivity index (χ4n) is 4.00. The number of nitrogens with zero attached hydrogens (tertiary/aromatic N) is 2. The Kier molecular flexibility index (Phi) is 8.58. The summed E-state index contributed by atoms with van der Waals surface area (Å²) in [6, 6.07) is 11.3. The van der Waals surface area contributed by atoms with Crippen LogP contribution in [-0.2, 0) is 9.59 Å². The summed E-state index contributed by atoms with van der Waals surface area (Å²) < 4.78 is 11.0. The molecule has 1 aliphatic heterocycles. The molecule has 3 rings (SSSR count).